The third kappa shape index (κ3) is 5.90. The van der Waals surface area contributed by atoms with Gasteiger partial charge in [-0.2, -0.15) is 0 Å². The maximum Gasteiger partial charge on any atom is 0.125 e. The fraction of sp³-hybridized carbons (Fsp3) is 0.625. The molecule has 114 valence electrons. The monoisotopic (exact) mass is 281 g/mol. The largest absolute Gasteiger partial charge is 0.493 e. The van der Waals surface area contributed by atoms with E-state index in [4.69, 9.17) is 19.9 Å². The van der Waals surface area contributed by atoms with Crippen molar-refractivity contribution in [1.82, 2.24) is 0 Å². The Balaban J connectivity index is 2.14. The number of hydrogen-bond donors (Lipinski definition) is 1. The Hall–Kier alpha value is -1.10. The highest BCUT2D eigenvalue weighted by Crippen LogP contribution is 2.25. The lowest BCUT2D eigenvalue weighted by molar-refractivity contribution is 0.0462. The fourth-order valence-electron chi connectivity index (χ4n) is 1.89. The normalized spacial score (nSPS) is 10.8. The van der Waals surface area contributed by atoms with Crippen LogP contribution in [0.5, 0.6) is 5.75 Å². The van der Waals surface area contributed by atoms with E-state index in [-0.39, 0.29) is 0 Å². The second-order valence-electron chi connectivity index (χ2n) is 4.87. The van der Waals surface area contributed by atoms with Crippen LogP contribution in [0.15, 0.2) is 12.1 Å². The van der Waals surface area contributed by atoms with Crippen molar-refractivity contribution in [3.05, 3.63) is 28.8 Å². The molecule has 0 unspecified atom stereocenters. The molecule has 0 aromatic heterocycles. The summed E-state index contributed by atoms with van der Waals surface area (Å²) >= 11 is 0. The van der Waals surface area contributed by atoms with Gasteiger partial charge in [0.1, 0.15) is 5.75 Å². The number of hydrogen-bond acceptors (Lipinski definition) is 4. The van der Waals surface area contributed by atoms with Gasteiger partial charge in [0.2, 0.25) is 0 Å². The fourth-order valence-corrected chi connectivity index (χ4v) is 1.89. The lowest BCUT2D eigenvalue weighted by Crippen LogP contribution is -2.13. The Bertz CT molecular complexity index is 394. The summed E-state index contributed by atoms with van der Waals surface area (Å²) in [6.07, 6.45) is 0.879. The van der Waals surface area contributed by atoms with Crippen LogP contribution in [-0.2, 0) is 9.47 Å². The molecule has 20 heavy (non-hydrogen) atoms. The van der Waals surface area contributed by atoms with E-state index in [1.54, 1.807) is 0 Å². The van der Waals surface area contributed by atoms with E-state index in [1.807, 2.05) is 0 Å². The SMILES string of the molecule is Cc1ccc(C)c(OCCCOCCOCCN)c1C. The minimum atomic E-state index is 0.559. The number of nitrogens with two attached hydrogens (primary N) is 1. The molecule has 0 aliphatic carbocycles. The van der Waals surface area contributed by atoms with Crippen LogP contribution in [0.25, 0.3) is 0 Å². The van der Waals surface area contributed by atoms with Gasteiger partial charge >= 0.3 is 0 Å². The van der Waals surface area contributed by atoms with Crippen LogP contribution >= 0.6 is 0 Å². The van der Waals surface area contributed by atoms with Crippen LogP contribution in [-0.4, -0.2) is 39.6 Å². The van der Waals surface area contributed by atoms with Crippen LogP contribution < -0.4 is 10.5 Å². The van der Waals surface area contributed by atoms with Gasteiger partial charge in [0.15, 0.2) is 0 Å². The summed E-state index contributed by atoms with van der Waals surface area (Å²) in [5.41, 5.74) is 8.99. The van der Waals surface area contributed by atoms with Gasteiger partial charge in [-0.3, -0.25) is 0 Å². The Morgan fingerprint density at radius 1 is 0.850 bits per heavy atom. The molecule has 0 saturated carbocycles. The van der Waals surface area contributed by atoms with E-state index < -0.39 is 0 Å². The van der Waals surface area contributed by atoms with Crippen molar-refractivity contribution in [2.45, 2.75) is 27.2 Å². The first-order valence-corrected chi connectivity index (χ1v) is 7.22. The molecule has 0 spiro atoms. The standard InChI is InChI=1S/C16H27NO3/c1-13-5-6-14(2)16(15(13)3)20-9-4-8-18-11-12-19-10-7-17/h5-6H,4,7-12,17H2,1-3H3. The predicted octanol–water partition coefficient (Wildman–Crippen LogP) is 2.37. The smallest absolute Gasteiger partial charge is 0.125 e. The van der Waals surface area contributed by atoms with Gasteiger partial charge < -0.3 is 19.9 Å². The molecule has 0 amide bonds. The van der Waals surface area contributed by atoms with Crippen molar-refractivity contribution in [3.63, 3.8) is 0 Å². The average molecular weight is 281 g/mol. The van der Waals surface area contributed by atoms with Gasteiger partial charge in [-0.05, 0) is 37.5 Å². The summed E-state index contributed by atoms with van der Waals surface area (Å²) in [7, 11) is 0. The number of aryl methyl sites for hydroxylation is 2. The molecule has 1 rings (SSSR count). The highest BCUT2D eigenvalue weighted by molar-refractivity contribution is 5.44. The Morgan fingerprint density at radius 3 is 2.20 bits per heavy atom. The van der Waals surface area contributed by atoms with Gasteiger partial charge in [-0.15, -0.1) is 0 Å². The first-order valence-electron chi connectivity index (χ1n) is 7.22. The second-order valence-corrected chi connectivity index (χ2v) is 4.87. The van der Waals surface area contributed by atoms with Gasteiger partial charge in [0.25, 0.3) is 0 Å². The molecule has 2 N–H and O–H groups in total. The molecule has 0 bridgehead atoms. The van der Waals surface area contributed by atoms with E-state index in [0.717, 1.165) is 12.2 Å². The molecule has 0 saturated heterocycles. The lowest BCUT2D eigenvalue weighted by Gasteiger charge is -2.14. The molecule has 4 nitrogen and oxygen atoms in total. The van der Waals surface area contributed by atoms with Crippen molar-refractivity contribution in [3.8, 4) is 5.75 Å². The molecule has 0 aliphatic rings. The molecule has 4 heteroatoms. The minimum absolute atomic E-state index is 0.559. The third-order valence-electron chi connectivity index (χ3n) is 3.19. The van der Waals surface area contributed by atoms with Gasteiger partial charge in [-0.1, -0.05) is 12.1 Å². The molecule has 0 atom stereocenters. The zero-order valence-electron chi connectivity index (χ0n) is 12.9. The quantitative estimate of drug-likeness (QED) is 0.669. The van der Waals surface area contributed by atoms with Crippen molar-refractivity contribution >= 4 is 0 Å². The van der Waals surface area contributed by atoms with E-state index in [0.29, 0.717) is 39.6 Å². The van der Waals surface area contributed by atoms with Crippen LogP contribution in [0.4, 0.5) is 0 Å². The maximum absolute atomic E-state index is 5.87. The van der Waals surface area contributed by atoms with Crippen molar-refractivity contribution < 1.29 is 14.2 Å². The van der Waals surface area contributed by atoms with Crippen LogP contribution in [0, 0.1) is 20.8 Å². The van der Waals surface area contributed by atoms with E-state index in [1.165, 1.54) is 16.7 Å². The van der Waals surface area contributed by atoms with Crippen LogP contribution in [0.2, 0.25) is 0 Å². The highest BCUT2D eigenvalue weighted by atomic mass is 16.5. The zero-order chi connectivity index (χ0) is 14.8. The molecular weight excluding hydrogens is 254 g/mol. The molecule has 1 aromatic carbocycles. The molecule has 0 heterocycles. The van der Waals surface area contributed by atoms with Crippen LogP contribution in [0.1, 0.15) is 23.1 Å². The summed E-state index contributed by atoms with van der Waals surface area (Å²) in [5.74, 6) is 1.01. The molecule has 0 aliphatic heterocycles. The summed E-state index contributed by atoms with van der Waals surface area (Å²) in [6.45, 7) is 10.0. The Labute approximate surface area is 122 Å². The maximum atomic E-state index is 5.87. The predicted molar refractivity (Wildman–Crippen MR) is 81.5 cm³/mol. The second kappa shape index (κ2) is 9.75. The molecule has 0 radical (unpaired) electrons. The van der Waals surface area contributed by atoms with Crippen molar-refractivity contribution in [2.75, 3.05) is 39.6 Å². The summed E-state index contributed by atoms with van der Waals surface area (Å²) in [4.78, 5) is 0. The topological polar surface area (TPSA) is 53.7 Å². The van der Waals surface area contributed by atoms with Crippen LogP contribution in [0.3, 0.4) is 0 Å². The van der Waals surface area contributed by atoms with Crippen molar-refractivity contribution in [2.24, 2.45) is 5.73 Å². The summed E-state index contributed by atoms with van der Waals surface area (Å²) < 4.78 is 16.5. The van der Waals surface area contributed by atoms with Crippen molar-refractivity contribution in [1.29, 1.82) is 0 Å². The molecular formula is C16H27NO3. The zero-order valence-corrected chi connectivity index (χ0v) is 12.9. The molecule has 1 aromatic rings. The van der Waals surface area contributed by atoms with Gasteiger partial charge in [0.05, 0.1) is 26.4 Å². The summed E-state index contributed by atoms with van der Waals surface area (Å²) in [5, 5.41) is 0. The third-order valence-corrected chi connectivity index (χ3v) is 3.19. The minimum Gasteiger partial charge on any atom is -0.493 e. The van der Waals surface area contributed by atoms with Gasteiger partial charge in [-0.25, -0.2) is 0 Å². The Kier molecular flexibility index (Phi) is 8.26. The highest BCUT2D eigenvalue weighted by Gasteiger charge is 2.05. The van der Waals surface area contributed by atoms with E-state index in [2.05, 4.69) is 32.9 Å². The number of rotatable bonds is 10. The van der Waals surface area contributed by atoms with E-state index >= 15 is 0 Å². The average Bonchev–Trinajstić information content (AvgIpc) is 2.44. The first kappa shape index (κ1) is 17.0. The lowest BCUT2D eigenvalue weighted by atomic mass is 10.1. The van der Waals surface area contributed by atoms with E-state index in [9.17, 15) is 0 Å². The van der Waals surface area contributed by atoms with Gasteiger partial charge in [0, 0.05) is 19.6 Å². The Morgan fingerprint density at radius 2 is 1.50 bits per heavy atom. The summed E-state index contributed by atoms with van der Waals surface area (Å²) in [6, 6.07) is 4.23. The number of ether oxygens (including phenoxy) is 3. The number of benzene rings is 1. The first-order chi connectivity index (χ1) is 9.66. The molecule has 0 fully saturated rings.